The Morgan fingerprint density at radius 2 is 1.81 bits per heavy atom. The number of hydrogen-bond acceptors (Lipinski definition) is 9. The number of nitrogens with zero attached hydrogens (tertiary/aromatic N) is 3. The molecular formula is C31H39N6O10P. The van der Waals surface area contributed by atoms with Crippen molar-refractivity contribution in [1.29, 1.82) is 0 Å². The van der Waals surface area contributed by atoms with E-state index in [9.17, 15) is 24.2 Å². The van der Waals surface area contributed by atoms with Crippen LogP contribution in [0.5, 0.6) is 5.75 Å². The predicted octanol–water partition coefficient (Wildman–Crippen LogP) is 4.02. The summed E-state index contributed by atoms with van der Waals surface area (Å²) in [5.41, 5.74) is 9.26. The number of aryl methyl sites for hydroxylation is 1. The van der Waals surface area contributed by atoms with Crippen molar-refractivity contribution in [2.24, 2.45) is 15.7 Å². The highest BCUT2D eigenvalue weighted by molar-refractivity contribution is 7.46. The van der Waals surface area contributed by atoms with Gasteiger partial charge in [-0.2, -0.15) is 4.79 Å². The summed E-state index contributed by atoms with van der Waals surface area (Å²) >= 11 is 0. The Labute approximate surface area is 277 Å². The molecule has 0 saturated heterocycles. The predicted molar refractivity (Wildman–Crippen MR) is 176 cm³/mol. The van der Waals surface area contributed by atoms with Gasteiger partial charge in [0.05, 0.1) is 30.7 Å². The zero-order valence-electron chi connectivity index (χ0n) is 27.0. The van der Waals surface area contributed by atoms with Crippen LogP contribution >= 0.6 is 7.82 Å². The fraction of sp³-hybridized carbons (Fsp3) is 0.323. The Hall–Kier alpha value is -4.86. The largest absolute Gasteiger partial charge is 0.622 e. The van der Waals surface area contributed by atoms with Crippen molar-refractivity contribution >= 4 is 43.7 Å². The summed E-state index contributed by atoms with van der Waals surface area (Å²) in [6.45, 7) is 6.36. The molecule has 3 rings (SSSR count). The minimum Gasteiger partial charge on any atom is -0.622 e. The van der Waals surface area contributed by atoms with Gasteiger partial charge in [0.1, 0.15) is 12.3 Å². The highest BCUT2D eigenvalue weighted by Gasteiger charge is 2.31. The van der Waals surface area contributed by atoms with E-state index in [4.69, 9.17) is 25.0 Å². The molecule has 0 aliphatic carbocycles. The summed E-state index contributed by atoms with van der Waals surface area (Å²) in [6.07, 6.45) is 1.59. The normalized spacial score (nSPS) is 13.2. The number of aliphatic imine (C=N–C) groups is 2. The van der Waals surface area contributed by atoms with Gasteiger partial charge in [-0.15, -0.1) is 0 Å². The van der Waals surface area contributed by atoms with Gasteiger partial charge < -0.3 is 35.2 Å². The third-order valence-electron chi connectivity index (χ3n) is 6.94. The number of nitrogens with two attached hydrogens (primary N) is 1. The number of rotatable bonds is 14. The number of phosphoric acid groups is 1. The number of hydrogen-bond donors (Lipinski definition) is 5. The minimum atomic E-state index is -4.72. The number of amidine groups is 1. The SMILES string of the molecule is CCC[N+]([O-])(Cc1c[nH]c(C(N=CN)=Nc2cc(C(=O)NCC)ccc2C)c1C)C(=O)OCOC(=O)Cc1ccc(OP(=O)(O)O)cc1. The molecule has 17 heteroatoms. The number of aromatic amines is 1. The lowest BCUT2D eigenvalue weighted by atomic mass is 10.1. The lowest BCUT2D eigenvalue weighted by Gasteiger charge is -2.37. The topological polar surface area (TPSA) is 238 Å². The van der Waals surface area contributed by atoms with E-state index in [2.05, 4.69) is 24.8 Å². The average molecular weight is 687 g/mol. The van der Waals surface area contributed by atoms with Crippen LogP contribution in [-0.4, -0.2) is 69.4 Å². The molecule has 0 spiro atoms. The number of hydroxylamine groups is 3. The van der Waals surface area contributed by atoms with Crippen LogP contribution in [0.4, 0.5) is 10.5 Å². The van der Waals surface area contributed by atoms with Gasteiger partial charge in [0.15, 0.2) is 5.84 Å². The molecule has 16 nitrogen and oxygen atoms in total. The molecule has 0 saturated carbocycles. The third kappa shape index (κ3) is 10.6. The lowest BCUT2D eigenvalue weighted by molar-refractivity contribution is -0.822. The molecule has 48 heavy (non-hydrogen) atoms. The first kappa shape index (κ1) is 37.6. The summed E-state index contributed by atoms with van der Waals surface area (Å²) in [7, 11) is -4.72. The van der Waals surface area contributed by atoms with E-state index in [1.165, 1.54) is 24.3 Å². The molecular weight excluding hydrogens is 647 g/mol. The maximum atomic E-state index is 13.7. The van der Waals surface area contributed by atoms with Crippen molar-refractivity contribution in [2.45, 2.75) is 47.1 Å². The molecule has 6 N–H and O–H groups in total. The molecule has 0 radical (unpaired) electrons. The molecule has 258 valence electrons. The Balaban J connectivity index is 1.71. The molecule has 0 bridgehead atoms. The summed E-state index contributed by atoms with van der Waals surface area (Å²) in [5, 5.41) is 16.5. The van der Waals surface area contributed by atoms with Crippen LogP contribution in [0.1, 0.15) is 58.6 Å². The van der Waals surface area contributed by atoms with Gasteiger partial charge in [0.25, 0.3) is 5.91 Å². The third-order valence-corrected chi connectivity index (χ3v) is 7.39. The zero-order chi connectivity index (χ0) is 35.5. The Bertz CT molecular complexity index is 1720. The Morgan fingerprint density at radius 1 is 1.10 bits per heavy atom. The van der Waals surface area contributed by atoms with Gasteiger partial charge in [0, 0.05) is 23.9 Å². The molecule has 2 amide bonds. The number of esters is 1. The van der Waals surface area contributed by atoms with E-state index in [1.807, 2.05) is 13.8 Å². The van der Waals surface area contributed by atoms with E-state index in [-0.39, 0.29) is 37.0 Å². The second-order valence-electron chi connectivity index (χ2n) is 10.6. The second kappa shape index (κ2) is 16.8. The average Bonchev–Trinajstić information content (AvgIpc) is 3.37. The summed E-state index contributed by atoms with van der Waals surface area (Å²) in [5.74, 6) is -0.915. The fourth-order valence-electron chi connectivity index (χ4n) is 4.56. The molecule has 0 aliphatic rings. The first-order chi connectivity index (χ1) is 22.7. The highest BCUT2D eigenvalue weighted by atomic mass is 31.2. The molecule has 1 atom stereocenters. The monoisotopic (exact) mass is 686 g/mol. The maximum absolute atomic E-state index is 13.7. The van der Waals surface area contributed by atoms with Crippen LogP contribution in [0.2, 0.25) is 0 Å². The fourth-order valence-corrected chi connectivity index (χ4v) is 4.95. The first-order valence-electron chi connectivity index (χ1n) is 14.8. The van der Waals surface area contributed by atoms with Crippen LogP contribution in [0, 0.1) is 19.1 Å². The van der Waals surface area contributed by atoms with Crippen LogP contribution in [0.3, 0.4) is 0 Å². The molecule has 0 fully saturated rings. The highest BCUT2D eigenvalue weighted by Crippen LogP contribution is 2.37. The van der Waals surface area contributed by atoms with E-state index in [0.29, 0.717) is 46.6 Å². The summed E-state index contributed by atoms with van der Waals surface area (Å²) in [4.78, 5) is 67.3. The van der Waals surface area contributed by atoms with E-state index >= 15 is 0 Å². The maximum Gasteiger partial charge on any atom is 0.524 e. The molecule has 1 aromatic heterocycles. The number of quaternary nitrogens is 1. The van der Waals surface area contributed by atoms with Gasteiger partial charge in [-0.05, 0) is 68.1 Å². The number of ether oxygens (including phenoxy) is 2. The Morgan fingerprint density at radius 3 is 2.44 bits per heavy atom. The van der Waals surface area contributed by atoms with Gasteiger partial charge in [-0.1, -0.05) is 25.1 Å². The molecule has 1 heterocycles. The van der Waals surface area contributed by atoms with Gasteiger partial charge in [-0.25, -0.2) is 14.5 Å². The van der Waals surface area contributed by atoms with Crippen LogP contribution in [0.15, 0.2) is 58.6 Å². The number of nitrogens with one attached hydrogen (secondary N) is 2. The number of H-pyrrole nitrogens is 1. The quantitative estimate of drug-likeness (QED) is 0.0309. The summed E-state index contributed by atoms with van der Waals surface area (Å²) in [6, 6.07) is 10.5. The van der Waals surface area contributed by atoms with Gasteiger partial charge >= 0.3 is 19.9 Å². The molecule has 2 aromatic carbocycles. The van der Waals surface area contributed by atoms with Crippen molar-refractivity contribution in [1.82, 2.24) is 10.3 Å². The van der Waals surface area contributed by atoms with Crippen molar-refractivity contribution < 1.29 is 47.4 Å². The molecule has 1 unspecified atom stereocenters. The van der Waals surface area contributed by atoms with Crippen molar-refractivity contribution in [3.05, 3.63) is 87.4 Å². The van der Waals surface area contributed by atoms with Gasteiger partial charge in [0.2, 0.25) is 6.79 Å². The minimum absolute atomic E-state index is 0.0894. The van der Waals surface area contributed by atoms with Crippen LogP contribution in [-0.2, 0) is 31.8 Å². The van der Waals surface area contributed by atoms with Crippen molar-refractivity contribution in [2.75, 3.05) is 19.9 Å². The molecule has 0 aliphatic heterocycles. The zero-order valence-corrected chi connectivity index (χ0v) is 27.9. The lowest BCUT2D eigenvalue weighted by Crippen LogP contribution is -2.48. The van der Waals surface area contributed by atoms with Crippen LogP contribution < -0.4 is 15.6 Å². The van der Waals surface area contributed by atoms with E-state index < -0.39 is 31.3 Å². The number of carbonyl (C=O) groups is 3. The van der Waals surface area contributed by atoms with Gasteiger partial charge in [-0.3, -0.25) is 24.0 Å². The van der Waals surface area contributed by atoms with Crippen molar-refractivity contribution in [3.63, 3.8) is 0 Å². The number of amides is 2. The van der Waals surface area contributed by atoms with E-state index in [1.54, 1.807) is 38.2 Å². The molecule has 3 aromatic rings. The van der Waals surface area contributed by atoms with Crippen molar-refractivity contribution in [3.8, 4) is 5.75 Å². The van der Waals surface area contributed by atoms with E-state index in [0.717, 1.165) is 11.9 Å². The number of aromatic nitrogens is 1. The first-order valence-corrected chi connectivity index (χ1v) is 16.4. The number of benzene rings is 2. The van der Waals surface area contributed by atoms with Crippen LogP contribution in [0.25, 0.3) is 0 Å². The Kier molecular flexibility index (Phi) is 13.2. The standard InChI is InChI=1S/C31H39N6O10P/c1-5-13-37(41,31(40)46-19-45-27(38)14-22-8-11-25(12-9-22)47-48(42,43)44)17-24-16-34-28(21(24)4)29(35-18-32)36-26-15-23(10-7-20(26)3)30(39)33-6-2/h7-12,15-16,18,34H,5-6,13-14,17,19H2,1-4H3,(H,33,39)(H2,32,35,36)(H2,42,43,44). The number of phosphoric ester groups is 1. The summed E-state index contributed by atoms with van der Waals surface area (Å²) < 4.78 is 24.0. The number of carbonyl (C=O) groups excluding carboxylic acids is 3. The second-order valence-corrected chi connectivity index (χ2v) is 11.8. The smallest absolute Gasteiger partial charge is 0.524 e.